The third kappa shape index (κ3) is 4.07. The number of ether oxygens (including phenoxy) is 1. The van der Waals surface area contributed by atoms with E-state index in [0.29, 0.717) is 5.82 Å². The standard InChI is InChI=1S/C14H14N4O3/c1-9-3-4-12(17-7-9)18-14(20)13-11(8-21-10(2)19)15-5-6-16-13/h3-7H,8H2,1-2H3,(H,17,18,20). The van der Waals surface area contributed by atoms with E-state index in [1.165, 1.54) is 19.3 Å². The summed E-state index contributed by atoms with van der Waals surface area (Å²) in [5.41, 5.74) is 1.38. The van der Waals surface area contributed by atoms with Gasteiger partial charge in [-0.05, 0) is 18.6 Å². The molecule has 0 atom stereocenters. The van der Waals surface area contributed by atoms with E-state index in [-0.39, 0.29) is 18.0 Å². The summed E-state index contributed by atoms with van der Waals surface area (Å²) < 4.78 is 4.85. The van der Waals surface area contributed by atoms with E-state index in [9.17, 15) is 9.59 Å². The molecule has 2 aromatic rings. The summed E-state index contributed by atoms with van der Waals surface area (Å²) in [5.74, 6) is -0.497. The maximum atomic E-state index is 12.2. The number of carbonyl (C=O) groups is 2. The van der Waals surface area contributed by atoms with Crippen molar-refractivity contribution in [1.82, 2.24) is 15.0 Å². The molecular formula is C14H14N4O3. The average Bonchev–Trinajstić information content (AvgIpc) is 2.47. The van der Waals surface area contributed by atoms with E-state index in [2.05, 4.69) is 20.3 Å². The SMILES string of the molecule is CC(=O)OCc1nccnc1C(=O)Nc1ccc(C)cn1. The molecule has 0 spiro atoms. The number of rotatable bonds is 4. The zero-order valence-corrected chi connectivity index (χ0v) is 11.7. The van der Waals surface area contributed by atoms with Gasteiger partial charge in [-0.1, -0.05) is 6.07 Å². The van der Waals surface area contributed by atoms with Crippen molar-refractivity contribution >= 4 is 17.7 Å². The Balaban J connectivity index is 2.14. The Bertz CT molecular complexity index is 656. The predicted octanol–water partition coefficient (Wildman–Crippen LogP) is 1.50. The van der Waals surface area contributed by atoms with E-state index >= 15 is 0 Å². The summed E-state index contributed by atoms with van der Waals surface area (Å²) in [6.45, 7) is 3.08. The topological polar surface area (TPSA) is 94.1 Å². The Morgan fingerprint density at radius 2 is 1.95 bits per heavy atom. The lowest BCUT2D eigenvalue weighted by atomic mass is 10.3. The van der Waals surface area contributed by atoms with Gasteiger partial charge in [-0.25, -0.2) is 9.97 Å². The predicted molar refractivity (Wildman–Crippen MR) is 74.4 cm³/mol. The number of hydrogen-bond donors (Lipinski definition) is 1. The van der Waals surface area contributed by atoms with Gasteiger partial charge in [-0.15, -0.1) is 0 Å². The third-order valence-corrected chi connectivity index (χ3v) is 2.55. The molecule has 2 aromatic heterocycles. The molecule has 7 heteroatoms. The van der Waals surface area contributed by atoms with E-state index < -0.39 is 11.9 Å². The van der Waals surface area contributed by atoms with Crippen LogP contribution in [0.25, 0.3) is 0 Å². The van der Waals surface area contributed by atoms with Crippen molar-refractivity contribution < 1.29 is 14.3 Å². The summed E-state index contributed by atoms with van der Waals surface area (Å²) in [5, 5.41) is 2.62. The van der Waals surface area contributed by atoms with Crippen LogP contribution in [0.2, 0.25) is 0 Å². The van der Waals surface area contributed by atoms with Crippen LogP contribution in [0.15, 0.2) is 30.7 Å². The van der Waals surface area contributed by atoms with Gasteiger partial charge in [0.15, 0.2) is 5.69 Å². The Morgan fingerprint density at radius 1 is 1.19 bits per heavy atom. The zero-order valence-electron chi connectivity index (χ0n) is 11.7. The van der Waals surface area contributed by atoms with Crippen molar-refractivity contribution in [2.45, 2.75) is 20.5 Å². The van der Waals surface area contributed by atoms with E-state index in [0.717, 1.165) is 5.56 Å². The highest BCUT2D eigenvalue weighted by molar-refractivity contribution is 6.03. The van der Waals surface area contributed by atoms with Crippen LogP contribution in [0, 0.1) is 6.92 Å². The fraction of sp³-hybridized carbons (Fsp3) is 0.214. The molecule has 0 saturated carbocycles. The third-order valence-electron chi connectivity index (χ3n) is 2.55. The average molecular weight is 286 g/mol. The largest absolute Gasteiger partial charge is 0.459 e. The number of aromatic nitrogens is 3. The molecule has 0 radical (unpaired) electrons. The molecule has 108 valence electrons. The van der Waals surface area contributed by atoms with E-state index in [1.807, 2.05) is 13.0 Å². The number of anilines is 1. The molecule has 0 fully saturated rings. The smallest absolute Gasteiger partial charge is 0.303 e. The molecule has 7 nitrogen and oxygen atoms in total. The van der Waals surface area contributed by atoms with Gasteiger partial charge in [0.25, 0.3) is 5.91 Å². The lowest BCUT2D eigenvalue weighted by Crippen LogP contribution is -2.18. The Kier molecular flexibility index (Phi) is 4.55. The molecule has 21 heavy (non-hydrogen) atoms. The maximum absolute atomic E-state index is 12.2. The van der Waals surface area contributed by atoms with Gasteiger partial charge in [0.2, 0.25) is 0 Å². The van der Waals surface area contributed by atoms with Crippen LogP contribution >= 0.6 is 0 Å². The lowest BCUT2D eigenvalue weighted by molar-refractivity contribution is -0.142. The number of pyridine rings is 1. The van der Waals surface area contributed by atoms with Crippen LogP contribution in [0.5, 0.6) is 0 Å². The molecule has 1 amide bonds. The summed E-state index contributed by atoms with van der Waals surface area (Å²) in [4.78, 5) is 35.1. The fourth-order valence-electron chi connectivity index (χ4n) is 1.55. The second-order valence-electron chi connectivity index (χ2n) is 4.31. The molecule has 2 rings (SSSR count). The molecule has 1 N–H and O–H groups in total. The molecule has 0 saturated heterocycles. The van der Waals surface area contributed by atoms with Crippen LogP contribution < -0.4 is 5.32 Å². The number of nitrogens with one attached hydrogen (secondary N) is 1. The number of hydrogen-bond acceptors (Lipinski definition) is 6. The monoisotopic (exact) mass is 286 g/mol. The van der Waals surface area contributed by atoms with Crippen LogP contribution in [-0.2, 0) is 16.1 Å². The molecular weight excluding hydrogens is 272 g/mol. The van der Waals surface area contributed by atoms with E-state index in [1.54, 1.807) is 12.3 Å². The lowest BCUT2D eigenvalue weighted by Gasteiger charge is -2.08. The zero-order chi connectivity index (χ0) is 15.2. The van der Waals surface area contributed by atoms with Crippen LogP contribution in [0.4, 0.5) is 5.82 Å². The Morgan fingerprint density at radius 3 is 2.62 bits per heavy atom. The van der Waals surface area contributed by atoms with Gasteiger partial charge in [-0.2, -0.15) is 0 Å². The Labute approximate surface area is 121 Å². The minimum Gasteiger partial charge on any atom is -0.459 e. The number of nitrogens with zero attached hydrogens (tertiary/aromatic N) is 3. The van der Waals surface area contributed by atoms with Gasteiger partial charge >= 0.3 is 5.97 Å². The van der Waals surface area contributed by atoms with Crippen molar-refractivity contribution in [1.29, 1.82) is 0 Å². The van der Waals surface area contributed by atoms with Gasteiger partial charge in [-0.3, -0.25) is 14.6 Å². The Hall–Kier alpha value is -2.83. The molecule has 0 aliphatic rings. The second kappa shape index (κ2) is 6.56. The van der Waals surface area contributed by atoms with Crippen molar-refractivity contribution in [2.75, 3.05) is 5.32 Å². The number of aryl methyl sites for hydroxylation is 1. The van der Waals surface area contributed by atoms with Gasteiger partial charge in [0.05, 0.1) is 0 Å². The quantitative estimate of drug-likeness (QED) is 0.856. The molecule has 0 bridgehead atoms. The van der Waals surface area contributed by atoms with Crippen molar-refractivity contribution in [3.63, 3.8) is 0 Å². The van der Waals surface area contributed by atoms with Crippen molar-refractivity contribution in [3.05, 3.63) is 47.7 Å². The van der Waals surface area contributed by atoms with Crippen LogP contribution in [0.1, 0.15) is 28.7 Å². The van der Waals surface area contributed by atoms with Crippen LogP contribution in [0.3, 0.4) is 0 Å². The second-order valence-corrected chi connectivity index (χ2v) is 4.31. The van der Waals surface area contributed by atoms with Gasteiger partial charge < -0.3 is 10.1 Å². The summed E-state index contributed by atoms with van der Waals surface area (Å²) in [6, 6.07) is 3.52. The summed E-state index contributed by atoms with van der Waals surface area (Å²) >= 11 is 0. The van der Waals surface area contributed by atoms with Crippen molar-refractivity contribution in [2.24, 2.45) is 0 Å². The summed E-state index contributed by atoms with van der Waals surface area (Å²) in [6.07, 6.45) is 4.47. The first-order valence-electron chi connectivity index (χ1n) is 6.23. The number of amides is 1. The summed E-state index contributed by atoms with van der Waals surface area (Å²) in [7, 11) is 0. The molecule has 2 heterocycles. The first kappa shape index (κ1) is 14.6. The molecule has 0 aliphatic heterocycles. The highest BCUT2D eigenvalue weighted by Gasteiger charge is 2.15. The fourth-order valence-corrected chi connectivity index (χ4v) is 1.55. The first-order chi connectivity index (χ1) is 10.1. The molecule has 0 aromatic carbocycles. The highest BCUT2D eigenvalue weighted by atomic mass is 16.5. The first-order valence-corrected chi connectivity index (χ1v) is 6.23. The number of carbonyl (C=O) groups excluding carboxylic acids is 2. The molecule has 0 unspecified atom stereocenters. The maximum Gasteiger partial charge on any atom is 0.303 e. The highest BCUT2D eigenvalue weighted by Crippen LogP contribution is 2.09. The minimum atomic E-state index is -0.457. The number of esters is 1. The minimum absolute atomic E-state index is 0.0983. The molecule has 0 aliphatic carbocycles. The normalized spacial score (nSPS) is 10.0. The van der Waals surface area contributed by atoms with E-state index in [4.69, 9.17) is 4.74 Å². The van der Waals surface area contributed by atoms with Crippen molar-refractivity contribution in [3.8, 4) is 0 Å². The van der Waals surface area contributed by atoms with Gasteiger partial charge in [0.1, 0.15) is 18.1 Å². The van der Waals surface area contributed by atoms with Crippen LogP contribution in [-0.4, -0.2) is 26.8 Å². The van der Waals surface area contributed by atoms with Gasteiger partial charge in [0, 0.05) is 25.5 Å².